The molecule has 1 saturated heterocycles. The second-order valence-corrected chi connectivity index (χ2v) is 5.22. The van der Waals surface area contributed by atoms with Gasteiger partial charge in [-0.25, -0.2) is 0 Å². The van der Waals surface area contributed by atoms with Gasteiger partial charge in [0, 0.05) is 19.0 Å². The summed E-state index contributed by atoms with van der Waals surface area (Å²) in [6.45, 7) is 2.77. The summed E-state index contributed by atoms with van der Waals surface area (Å²) in [6, 6.07) is 6.00. The SMILES string of the molecule is COc1ccc(CN2CCCC(C(=N)N)C2)cc1OC. The summed E-state index contributed by atoms with van der Waals surface area (Å²) in [5.41, 5.74) is 6.81. The van der Waals surface area contributed by atoms with Crippen molar-refractivity contribution in [1.82, 2.24) is 4.90 Å². The molecule has 1 heterocycles. The van der Waals surface area contributed by atoms with Crippen molar-refractivity contribution in [2.75, 3.05) is 27.3 Å². The maximum atomic E-state index is 7.59. The van der Waals surface area contributed by atoms with E-state index in [1.54, 1.807) is 14.2 Å². The van der Waals surface area contributed by atoms with E-state index in [9.17, 15) is 0 Å². The third-order valence-corrected chi connectivity index (χ3v) is 3.80. The minimum Gasteiger partial charge on any atom is -0.493 e. The second kappa shape index (κ2) is 6.61. The molecule has 1 aliphatic heterocycles. The van der Waals surface area contributed by atoms with E-state index < -0.39 is 0 Å². The van der Waals surface area contributed by atoms with Gasteiger partial charge in [0.25, 0.3) is 0 Å². The number of nitrogens with two attached hydrogens (primary N) is 1. The maximum Gasteiger partial charge on any atom is 0.161 e. The Labute approximate surface area is 120 Å². The number of hydrogen-bond acceptors (Lipinski definition) is 4. The molecule has 5 nitrogen and oxygen atoms in total. The Hall–Kier alpha value is -1.75. The number of amidine groups is 1. The molecule has 0 saturated carbocycles. The first kappa shape index (κ1) is 14.7. The Kier molecular flexibility index (Phi) is 4.84. The Balaban J connectivity index is 2.04. The molecule has 0 spiro atoms. The zero-order chi connectivity index (χ0) is 14.5. The van der Waals surface area contributed by atoms with Gasteiger partial charge in [0.2, 0.25) is 0 Å². The van der Waals surface area contributed by atoms with Crippen molar-refractivity contribution in [3.8, 4) is 11.5 Å². The van der Waals surface area contributed by atoms with E-state index in [0.717, 1.165) is 44.0 Å². The van der Waals surface area contributed by atoms with Gasteiger partial charge in [-0.3, -0.25) is 10.3 Å². The molecule has 1 atom stereocenters. The normalized spacial score (nSPS) is 19.6. The zero-order valence-corrected chi connectivity index (χ0v) is 12.2. The second-order valence-electron chi connectivity index (χ2n) is 5.22. The molecule has 3 N–H and O–H groups in total. The molecule has 20 heavy (non-hydrogen) atoms. The monoisotopic (exact) mass is 277 g/mol. The fourth-order valence-electron chi connectivity index (χ4n) is 2.69. The summed E-state index contributed by atoms with van der Waals surface area (Å²) in [5.74, 6) is 2.01. The van der Waals surface area contributed by atoms with Crippen LogP contribution < -0.4 is 15.2 Å². The number of methoxy groups -OCH3 is 2. The highest BCUT2D eigenvalue weighted by Crippen LogP contribution is 2.28. The largest absolute Gasteiger partial charge is 0.493 e. The molecule has 1 unspecified atom stereocenters. The zero-order valence-electron chi connectivity index (χ0n) is 12.2. The van der Waals surface area contributed by atoms with E-state index in [1.807, 2.05) is 12.1 Å². The predicted octanol–water partition coefficient (Wildman–Crippen LogP) is 1.85. The molecule has 0 aromatic heterocycles. The van der Waals surface area contributed by atoms with Gasteiger partial charge >= 0.3 is 0 Å². The van der Waals surface area contributed by atoms with E-state index in [-0.39, 0.29) is 5.92 Å². The average Bonchev–Trinajstić information content (AvgIpc) is 2.47. The van der Waals surface area contributed by atoms with E-state index >= 15 is 0 Å². The third-order valence-electron chi connectivity index (χ3n) is 3.80. The van der Waals surface area contributed by atoms with Crippen LogP contribution in [0.25, 0.3) is 0 Å². The molecule has 1 aromatic rings. The highest BCUT2D eigenvalue weighted by Gasteiger charge is 2.22. The van der Waals surface area contributed by atoms with Crippen LogP contribution >= 0.6 is 0 Å². The lowest BCUT2D eigenvalue weighted by Gasteiger charge is -2.32. The predicted molar refractivity (Wildman–Crippen MR) is 79.5 cm³/mol. The molecule has 1 aromatic carbocycles. The molecular formula is C15H23N3O2. The van der Waals surface area contributed by atoms with Gasteiger partial charge in [-0.2, -0.15) is 0 Å². The van der Waals surface area contributed by atoms with Crippen LogP contribution in [0.2, 0.25) is 0 Å². The number of nitrogens with one attached hydrogen (secondary N) is 1. The van der Waals surface area contributed by atoms with Gasteiger partial charge in [-0.05, 0) is 37.1 Å². The Morgan fingerprint density at radius 2 is 2.10 bits per heavy atom. The van der Waals surface area contributed by atoms with Crippen LogP contribution in [0.5, 0.6) is 11.5 Å². The van der Waals surface area contributed by atoms with Crippen molar-refractivity contribution in [2.45, 2.75) is 19.4 Å². The van der Waals surface area contributed by atoms with Crippen molar-refractivity contribution in [1.29, 1.82) is 5.41 Å². The average molecular weight is 277 g/mol. The van der Waals surface area contributed by atoms with Crippen LogP contribution in [0, 0.1) is 11.3 Å². The molecule has 1 aliphatic rings. The van der Waals surface area contributed by atoms with Crippen LogP contribution in [-0.4, -0.2) is 38.0 Å². The van der Waals surface area contributed by atoms with E-state index in [1.165, 1.54) is 5.56 Å². The van der Waals surface area contributed by atoms with Crippen molar-refractivity contribution < 1.29 is 9.47 Å². The minimum absolute atomic E-state index is 0.198. The first-order valence-corrected chi connectivity index (χ1v) is 6.91. The van der Waals surface area contributed by atoms with Gasteiger partial charge in [0.15, 0.2) is 11.5 Å². The number of benzene rings is 1. The summed E-state index contributed by atoms with van der Waals surface area (Å²) >= 11 is 0. The fraction of sp³-hybridized carbons (Fsp3) is 0.533. The summed E-state index contributed by atoms with van der Waals surface area (Å²) in [6.07, 6.45) is 2.12. The molecule has 0 bridgehead atoms. The Morgan fingerprint density at radius 3 is 2.75 bits per heavy atom. The smallest absolute Gasteiger partial charge is 0.161 e. The third kappa shape index (κ3) is 3.42. The maximum absolute atomic E-state index is 7.59. The molecule has 2 rings (SSSR count). The molecule has 1 fully saturated rings. The van der Waals surface area contributed by atoms with Crippen molar-refractivity contribution >= 4 is 5.84 Å². The van der Waals surface area contributed by atoms with Gasteiger partial charge in [0.1, 0.15) is 0 Å². The number of hydrogen-bond donors (Lipinski definition) is 2. The lowest BCUT2D eigenvalue weighted by Crippen LogP contribution is -2.40. The highest BCUT2D eigenvalue weighted by molar-refractivity contribution is 5.79. The summed E-state index contributed by atoms with van der Waals surface area (Å²) in [7, 11) is 3.29. The summed E-state index contributed by atoms with van der Waals surface area (Å²) in [5, 5.41) is 7.59. The van der Waals surface area contributed by atoms with Crippen LogP contribution in [0.15, 0.2) is 18.2 Å². The molecule has 5 heteroatoms. The Bertz CT molecular complexity index is 476. The highest BCUT2D eigenvalue weighted by atomic mass is 16.5. The Morgan fingerprint density at radius 1 is 1.35 bits per heavy atom. The molecule has 0 radical (unpaired) electrons. The van der Waals surface area contributed by atoms with E-state index in [4.69, 9.17) is 20.6 Å². The quantitative estimate of drug-likeness (QED) is 0.636. The van der Waals surface area contributed by atoms with Crippen molar-refractivity contribution in [2.24, 2.45) is 11.7 Å². The number of ether oxygens (including phenoxy) is 2. The van der Waals surface area contributed by atoms with E-state index in [2.05, 4.69) is 11.0 Å². The first-order valence-electron chi connectivity index (χ1n) is 6.91. The fourth-order valence-corrected chi connectivity index (χ4v) is 2.69. The van der Waals surface area contributed by atoms with Gasteiger partial charge in [-0.15, -0.1) is 0 Å². The molecular weight excluding hydrogens is 254 g/mol. The molecule has 0 amide bonds. The standard InChI is InChI=1S/C15H23N3O2/c1-19-13-6-5-11(8-14(13)20-2)9-18-7-3-4-12(10-18)15(16)17/h5-6,8,12H,3-4,7,9-10H2,1-2H3,(H3,16,17). The molecule has 110 valence electrons. The lowest BCUT2D eigenvalue weighted by atomic mass is 9.96. The number of likely N-dealkylation sites (tertiary alicyclic amines) is 1. The first-order chi connectivity index (χ1) is 9.63. The van der Waals surface area contributed by atoms with Crippen molar-refractivity contribution in [3.63, 3.8) is 0 Å². The van der Waals surface area contributed by atoms with E-state index in [0.29, 0.717) is 5.84 Å². The number of rotatable bonds is 5. The van der Waals surface area contributed by atoms with Gasteiger partial charge in [0.05, 0.1) is 20.1 Å². The van der Waals surface area contributed by atoms with Crippen LogP contribution in [0.1, 0.15) is 18.4 Å². The number of piperidine rings is 1. The summed E-state index contributed by atoms with van der Waals surface area (Å²) < 4.78 is 10.6. The van der Waals surface area contributed by atoms with Gasteiger partial charge in [-0.1, -0.05) is 6.07 Å². The van der Waals surface area contributed by atoms with Crippen LogP contribution in [-0.2, 0) is 6.54 Å². The number of nitrogens with zero attached hydrogens (tertiary/aromatic N) is 1. The van der Waals surface area contributed by atoms with Crippen LogP contribution in [0.4, 0.5) is 0 Å². The van der Waals surface area contributed by atoms with Crippen molar-refractivity contribution in [3.05, 3.63) is 23.8 Å². The minimum atomic E-state index is 0.198. The van der Waals surface area contributed by atoms with Crippen LogP contribution in [0.3, 0.4) is 0 Å². The topological polar surface area (TPSA) is 71.6 Å². The lowest BCUT2D eigenvalue weighted by molar-refractivity contribution is 0.195. The van der Waals surface area contributed by atoms with Gasteiger partial charge < -0.3 is 15.2 Å². The molecule has 0 aliphatic carbocycles. The summed E-state index contributed by atoms with van der Waals surface area (Å²) in [4.78, 5) is 2.34.